The summed E-state index contributed by atoms with van der Waals surface area (Å²) in [5, 5.41) is 2.51. The van der Waals surface area contributed by atoms with Crippen molar-refractivity contribution in [3.8, 4) is 0 Å². The van der Waals surface area contributed by atoms with Gasteiger partial charge in [0, 0.05) is 18.8 Å². The quantitative estimate of drug-likeness (QED) is 0.299. The van der Waals surface area contributed by atoms with Gasteiger partial charge in [-0.3, -0.25) is 9.59 Å². The Morgan fingerprint density at radius 2 is 1.81 bits per heavy atom. The van der Waals surface area contributed by atoms with Gasteiger partial charge in [0.2, 0.25) is 5.43 Å². The molecule has 7 heteroatoms. The third-order valence-electron chi connectivity index (χ3n) is 5.36. The molecule has 3 aromatic rings. The van der Waals surface area contributed by atoms with Crippen molar-refractivity contribution in [2.24, 2.45) is 0 Å². The molecule has 5 nitrogen and oxygen atoms in total. The van der Waals surface area contributed by atoms with Gasteiger partial charge in [0.05, 0.1) is 22.2 Å². The maximum Gasteiger partial charge on any atom is 0.202 e. The fourth-order valence-corrected chi connectivity index (χ4v) is 3.69. The van der Waals surface area contributed by atoms with Gasteiger partial charge in [0.15, 0.2) is 17.4 Å². The van der Waals surface area contributed by atoms with Crippen molar-refractivity contribution in [3.63, 3.8) is 0 Å². The number of nitrogens with two attached hydrogens (primary N) is 1. The number of nitrogens with zero attached hydrogens (tertiary/aromatic N) is 1. The molecule has 0 amide bonds. The smallest absolute Gasteiger partial charge is 0.202 e. The monoisotopic (exact) mass is 427 g/mol. The van der Waals surface area contributed by atoms with Gasteiger partial charge in [-0.1, -0.05) is 30.3 Å². The second-order valence-corrected chi connectivity index (χ2v) is 7.94. The zero-order chi connectivity index (χ0) is 22.7. The van der Waals surface area contributed by atoms with E-state index in [0.717, 1.165) is 12.8 Å². The second-order valence-electron chi connectivity index (χ2n) is 7.94. The molecule has 0 bridgehead atoms. The maximum absolute atomic E-state index is 15.4. The zero-order valence-electron chi connectivity index (χ0n) is 18.0. The summed E-state index contributed by atoms with van der Waals surface area (Å²) in [6.45, 7) is 5.15. The van der Waals surface area contributed by atoms with Crippen LogP contribution in [0.3, 0.4) is 0 Å². The molecule has 0 spiro atoms. The first-order valence-electron chi connectivity index (χ1n) is 10.4. The SMILES string of the molecule is CC(=O)c1cn(C(C)C)c2c(F)c(NCCCCc3ccccc3)c(F)c(N)c2c1=O. The van der Waals surface area contributed by atoms with Crippen LogP contribution in [0.15, 0.2) is 41.3 Å². The number of nitrogen functional groups attached to an aromatic ring is 1. The number of carbonyl (C=O) groups is 1. The first-order valence-corrected chi connectivity index (χ1v) is 10.4. The van der Waals surface area contributed by atoms with Crippen molar-refractivity contribution in [2.45, 2.75) is 46.1 Å². The minimum atomic E-state index is -1.01. The Morgan fingerprint density at radius 1 is 1.13 bits per heavy atom. The Balaban J connectivity index is 1.94. The molecular weight excluding hydrogens is 400 g/mol. The largest absolute Gasteiger partial charge is 0.396 e. The van der Waals surface area contributed by atoms with Crippen molar-refractivity contribution in [2.75, 3.05) is 17.6 Å². The van der Waals surface area contributed by atoms with Gasteiger partial charge in [-0.2, -0.15) is 0 Å². The fraction of sp³-hybridized carbons (Fsp3) is 0.333. The highest BCUT2D eigenvalue weighted by atomic mass is 19.1. The van der Waals surface area contributed by atoms with Gasteiger partial charge in [-0.15, -0.1) is 0 Å². The predicted molar refractivity (Wildman–Crippen MR) is 121 cm³/mol. The average Bonchev–Trinajstić information content (AvgIpc) is 2.74. The molecule has 164 valence electrons. The van der Waals surface area contributed by atoms with Crippen molar-refractivity contribution >= 4 is 28.1 Å². The first kappa shape index (κ1) is 22.5. The molecule has 1 heterocycles. The van der Waals surface area contributed by atoms with Crippen LogP contribution in [0, 0.1) is 11.6 Å². The number of pyridine rings is 1. The Morgan fingerprint density at radius 3 is 2.42 bits per heavy atom. The predicted octanol–water partition coefficient (Wildman–Crippen LogP) is 5.08. The van der Waals surface area contributed by atoms with Crippen LogP contribution in [0.1, 0.15) is 55.6 Å². The lowest BCUT2D eigenvalue weighted by Crippen LogP contribution is -2.22. The van der Waals surface area contributed by atoms with Crippen LogP contribution in [0.4, 0.5) is 20.2 Å². The van der Waals surface area contributed by atoms with Gasteiger partial charge in [0.25, 0.3) is 0 Å². The topological polar surface area (TPSA) is 77.1 Å². The second kappa shape index (κ2) is 9.29. The number of anilines is 2. The lowest BCUT2D eigenvalue weighted by atomic mass is 10.0. The number of aryl methyl sites for hydroxylation is 1. The molecule has 2 aromatic carbocycles. The molecule has 0 atom stereocenters. The van der Waals surface area contributed by atoms with Crippen LogP contribution in [-0.4, -0.2) is 16.9 Å². The van der Waals surface area contributed by atoms with Gasteiger partial charge >= 0.3 is 0 Å². The van der Waals surface area contributed by atoms with E-state index in [0.29, 0.717) is 13.0 Å². The number of benzene rings is 2. The summed E-state index contributed by atoms with van der Waals surface area (Å²) in [6, 6.07) is 9.70. The minimum absolute atomic E-state index is 0.101. The number of rotatable bonds is 8. The number of ketones is 1. The van der Waals surface area contributed by atoms with E-state index in [2.05, 4.69) is 5.32 Å². The number of fused-ring (bicyclic) bond motifs is 1. The van der Waals surface area contributed by atoms with Gasteiger partial charge in [-0.25, -0.2) is 8.78 Å². The lowest BCUT2D eigenvalue weighted by Gasteiger charge is -2.20. The Kier molecular flexibility index (Phi) is 6.73. The summed E-state index contributed by atoms with van der Waals surface area (Å²) in [5.41, 5.74) is 5.32. The highest BCUT2D eigenvalue weighted by Gasteiger charge is 2.25. The maximum atomic E-state index is 15.4. The normalized spacial score (nSPS) is 11.3. The number of unbranched alkanes of at least 4 members (excludes halogenated alkanes) is 1. The van der Waals surface area contributed by atoms with Gasteiger partial charge < -0.3 is 15.6 Å². The van der Waals surface area contributed by atoms with E-state index < -0.39 is 28.5 Å². The van der Waals surface area contributed by atoms with Crippen molar-refractivity contribution in [1.82, 2.24) is 4.57 Å². The number of carbonyl (C=O) groups excluding carboxylic acids is 1. The fourth-order valence-electron chi connectivity index (χ4n) is 3.69. The summed E-state index contributed by atoms with van der Waals surface area (Å²) < 4.78 is 31.8. The molecule has 3 N–H and O–H groups in total. The van der Waals surface area contributed by atoms with E-state index >= 15 is 4.39 Å². The number of halogens is 2. The number of Topliss-reactive ketones (excluding diaryl/α,β-unsaturated/α-hetero) is 1. The number of hydrogen-bond donors (Lipinski definition) is 2. The summed E-state index contributed by atoms with van der Waals surface area (Å²) in [4.78, 5) is 24.6. The molecule has 31 heavy (non-hydrogen) atoms. The Bertz CT molecular complexity index is 1170. The molecule has 0 fully saturated rings. The van der Waals surface area contributed by atoms with Crippen molar-refractivity contribution in [1.29, 1.82) is 0 Å². The molecule has 0 saturated carbocycles. The Hall–Kier alpha value is -3.22. The summed E-state index contributed by atoms with van der Waals surface area (Å²) in [6.07, 6.45) is 3.74. The van der Waals surface area contributed by atoms with Crippen LogP contribution in [0.2, 0.25) is 0 Å². The highest BCUT2D eigenvalue weighted by molar-refractivity contribution is 6.01. The number of hydrogen-bond acceptors (Lipinski definition) is 4. The van der Waals surface area contributed by atoms with E-state index in [9.17, 15) is 14.0 Å². The molecule has 0 aliphatic carbocycles. The molecular formula is C24H27F2N3O2. The Labute approximate surface area is 179 Å². The number of nitrogens with one attached hydrogen (secondary N) is 1. The van der Waals surface area contributed by atoms with Crippen LogP contribution in [0.25, 0.3) is 10.9 Å². The van der Waals surface area contributed by atoms with Crippen LogP contribution in [0.5, 0.6) is 0 Å². The van der Waals surface area contributed by atoms with Crippen molar-refractivity contribution < 1.29 is 13.6 Å². The summed E-state index contributed by atoms with van der Waals surface area (Å²) in [5.74, 6) is -2.38. The van der Waals surface area contributed by atoms with E-state index in [1.165, 1.54) is 23.3 Å². The van der Waals surface area contributed by atoms with Gasteiger partial charge in [-0.05, 0) is 45.6 Å². The number of aromatic nitrogens is 1. The van der Waals surface area contributed by atoms with Crippen LogP contribution < -0.4 is 16.5 Å². The third-order valence-corrected chi connectivity index (χ3v) is 5.36. The molecule has 0 radical (unpaired) electrons. The van der Waals surface area contributed by atoms with Gasteiger partial charge in [0.1, 0.15) is 5.69 Å². The molecule has 1 aromatic heterocycles. The molecule has 0 aliphatic heterocycles. The summed E-state index contributed by atoms with van der Waals surface area (Å²) >= 11 is 0. The highest BCUT2D eigenvalue weighted by Crippen LogP contribution is 2.34. The van der Waals surface area contributed by atoms with E-state index in [1.807, 2.05) is 30.3 Å². The molecule has 0 aliphatic rings. The molecule has 0 saturated heterocycles. The van der Waals surface area contributed by atoms with Crippen molar-refractivity contribution in [3.05, 3.63) is 69.5 Å². The standard InChI is InChI=1S/C24H27F2N3O2/c1-14(2)29-13-17(15(3)30)24(31)18-21(27)19(25)22(20(26)23(18)29)28-12-8-7-11-16-9-5-4-6-10-16/h4-6,9-10,13-14,28H,7-8,11-12,27H2,1-3H3. The van der Waals surface area contributed by atoms with E-state index in [4.69, 9.17) is 5.73 Å². The van der Waals surface area contributed by atoms with E-state index in [-0.39, 0.29) is 28.2 Å². The third kappa shape index (κ3) is 4.45. The zero-order valence-corrected chi connectivity index (χ0v) is 18.0. The average molecular weight is 427 g/mol. The molecule has 3 rings (SSSR count). The summed E-state index contributed by atoms with van der Waals surface area (Å²) in [7, 11) is 0. The lowest BCUT2D eigenvalue weighted by molar-refractivity contribution is 0.101. The minimum Gasteiger partial charge on any atom is -0.396 e. The van der Waals surface area contributed by atoms with E-state index in [1.54, 1.807) is 13.8 Å². The first-order chi connectivity index (χ1) is 14.7. The molecule has 0 unspecified atom stereocenters. The van der Waals surface area contributed by atoms with Crippen LogP contribution in [-0.2, 0) is 6.42 Å². The van der Waals surface area contributed by atoms with Crippen LogP contribution >= 0.6 is 0 Å².